The Labute approximate surface area is 158 Å². The summed E-state index contributed by atoms with van der Waals surface area (Å²) in [7, 11) is 0. The first kappa shape index (κ1) is 18.6. The Morgan fingerprint density at radius 3 is 2.37 bits per heavy atom. The average molecular weight is 366 g/mol. The number of rotatable bonds is 7. The Hall–Kier alpha value is -3.15. The predicted molar refractivity (Wildman–Crippen MR) is 102 cm³/mol. The molecule has 3 amide bonds. The molecular formula is C21H22N2O4. The number of anilines is 1. The number of nitrogens with zero attached hydrogens (tertiary/aromatic N) is 1. The van der Waals surface area contributed by atoms with Crippen molar-refractivity contribution in [3.63, 3.8) is 0 Å². The van der Waals surface area contributed by atoms with Crippen molar-refractivity contribution in [3.05, 3.63) is 59.2 Å². The van der Waals surface area contributed by atoms with E-state index in [-0.39, 0.29) is 11.5 Å². The third-order valence-corrected chi connectivity index (χ3v) is 4.37. The zero-order chi connectivity index (χ0) is 19.4. The summed E-state index contributed by atoms with van der Waals surface area (Å²) in [5.74, 6) is -0.394. The van der Waals surface area contributed by atoms with Crippen molar-refractivity contribution in [2.75, 3.05) is 18.1 Å². The van der Waals surface area contributed by atoms with Crippen LogP contribution in [0.4, 0.5) is 5.69 Å². The second-order valence-electron chi connectivity index (χ2n) is 6.24. The Bertz CT molecular complexity index is 874. The number of unbranched alkanes of at least 4 members (excludes halogenated alkanes) is 1. The maximum absolute atomic E-state index is 12.8. The number of benzene rings is 2. The highest BCUT2D eigenvalue weighted by Crippen LogP contribution is 2.30. The van der Waals surface area contributed by atoms with Gasteiger partial charge in [0.2, 0.25) is 0 Å². The first-order valence-corrected chi connectivity index (χ1v) is 9.10. The fourth-order valence-corrected chi connectivity index (χ4v) is 2.96. The van der Waals surface area contributed by atoms with Gasteiger partial charge in [0.1, 0.15) is 5.75 Å². The van der Waals surface area contributed by atoms with Gasteiger partial charge >= 0.3 is 0 Å². The van der Waals surface area contributed by atoms with Gasteiger partial charge in [-0.3, -0.25) is 14.4 Å². The average Bonchev–Trinajstić information content (AvgIpc) is 2.93. The number of nitrogens with one attached hydrogen (secondary N) is 1. The van der Waals surface area contributed by atoms with Crippen molar-refractivity contribution in [1.29, 1.82) is 0 Å². The van der Waals surface area contributed by atoms with E-state index < -0.39 is 11.8 Å². The Morgan fingerprint density at radius 2 is 1.70 bits per heavy atom. The van der Waals surface area contributed by atoms with Crippen LogP contribution in [0.3, 0.4) is 0 Å². The summed E-state index contributed by atoms with van der Waals surface area (Å²) >= 11 is 0. The molecule has 1 N–H and O–H groups in total. The summed E-state index contributed by atoms with van der Waals surface area (Å²) in [5, 5.41) is 2.82. The summed E-state index contributed by atoms with van der Waals surface area (Å²) in [5.41, 5.74) is 1.40. The SMILES string of the molecule is CCCCNC(=O)c1ccc2c(c1)C(=O)N(c1ccc(OCC)cc1)C2=O. The highest BCUT2D eigenvalue weighted by Gasteiger charge is 2.37. The van der Waals surface area contributed by atoms with Crippen LogP contribution in [0.5, 0.6) is 5.75 Å². The zero-order valence-electron chi connectivity index (χ0n) is 15.5. The molecule has 0 aliphatic carbocycles. The first-order valence-electron chi connectivity index (χ1n) is 9.10. The third-order valence-electron chi connectivity index (χ3n) is 4.37. The summed E-state index contributed by atoms with van der Waals surface area (Å²) in [6.45, 7) is 5.04. The fraction of sp³-hybridized carbons (Fsp3) is 0.286. The van der Waals surface area contributed by atoms with Gasteiger partial charge in [0.05, 0.1) is 23.4 Å². The van der Waals surface area contributed by atoms with Crippen LogP contribution in [-0.2, 0) is 0 Å². The zero-order valence-corrected chi connectivity index (χ0v) is 15.5. The lowest BCUT2D eigenvalue weighted by molar-refractivity contribution is 0.0923. The number of carbonyl (C=O) groups is 3. The minimum absolute atomic E-state index is 0.244. The highest BCUT2D eigenvalue weighted by atomic mass is 16.5. The molecule has 0 radical (unpaired) electrons. The Balaban J connectivity index is 1.83. The minimum atomic E-state index is -0.428. The molecule has 0 spiro atoms. The largest absolute Gasteiger partial charge is 0.494 e. The van der Waals surface area contributed by atoms with Crippen molar-refractivity contribution >= 4 is 23.4 Å². The monoisotopic (exact) mass is 366 g/mol. The molecule has 0 aromatic heterocycles. The summed E-state index contributed by atoms with van der Waals surface area (Å²) in [6.07, 6.45) is 1.87. The minimum Gasteiger partial charge on any atom is -0.494 e. The van der Waals surface area contributed by atoms with Gasteiger partial charge in [0.15, 0.2) is 0 Å². The van der Waals surface area contributed by atoms with E-state index in [1.54, 1.807) is 36.4 Å². The summed E-state index contributed by atoms with van der Waals surface area (Å²) in [4.78, 5) is 38.8. The van der Waals surface area contributed by atoms with Crippen LogP contribution in [0, 0.1) is 0 Å². The van der Waals surface area contributed by atoms with Gasteiger partial charge in [-0.25, -0.2) is 4.90 Å². The number of carbonyl (C=O) groups excluding carboxylic acids is 3. The van der Waals surface area contributed by atoms with Gasteiger partial charge in [0.25, 0.3) is 17.7 Å². The van der Waals surface area contributed by atoms with Crippen molar-refractivity contribution in [1.82, 2.24) is 5.32 Å². The molecule has 0 unspecified atom stereocenters. The second-order valence-corrected chi connectivity index (χ2v) is 6.24. The number of imide groups is 1. The van der Waals surface area contributed by atoms with E-state index >= 15 is 0 Å². The molecular weight excluding hydrogens is 344 g/mol. The standard InChI is InChI=1S/C21H22N2O4/c1-3-5-12-22-19(24)14-6-11-17-18(13-14)21(26)23(20(17)25)15-7-9-16(10-8-15)27-4-2/h6-11,13H,3-5,12H2,1-2H3,(H,22,24). The Kier molecular flexibility index (Phi) is 5.54. The maximum Gasteiger partial charge on any atom is 0.266 e. The molecule has 140 valence electrons. The van der Waals surface area contributed by atoms with Crippen molar-refractivity contribution < 1.29 is 19.1 Å². The van der Waals surface area contributed by atoms with Gasteiger partial charge < -0.3 is 10.1 Å². The molecule has 3 rings (SSSR count). The smallest absolute Gasteiger partial charge is 0.266 e. The fourth-order valence-electron chi connectivity index (χ4n) is 2.96. The molecule has 0 saturated heterocycles. The van der Waals surface area contributed by atoms with Crippen LogP contribution in [-0.4, -0.2) is 30.9 Å². The lowest BCUT2D eigenvalue weighted by atomic mass is 10.1. The van der Waals surface area contributed by atoms with Crippen LogP contribution >= 0.6 is 0 Å². The number of hydrogen-bond acceptors (Lipinski definition) is 4. The van der Waals surface area contributed by atoms with Crippen molar-refractivity contribution in [2.24, 2.45) is 0 Å². The lowest BCUT2D eigenvalue weighted by Crippen LogP contribution is -2.29. The second kappa shape index (κ2) is 8.03. The van der Waals surface area contributed by atoms with Crippen LogP contribution in [0.2, 0.25) is 0 Å². The molecule has 1 aliphatic rings. The van der Waals surface area contributed by atoms with Crippen LogP contribution in [0.15, 0.2) is 42.5 Å². The molecule has 1 heterocycles. The summed E-state index contributed by atoms with van der Waals surface area (Å²) in [6, 6.07) is 11.4. The topological polar surface area (TPSA) is 75.7 Å². The van der Waals surface area contributed by atoms with E-state index in [0.717, 1.165) is 17.7 Å². The van der Waals surface area contributed by atoms with Gasteiger partial charge in [-0.05, 0) is 55.8 Å². The molecule has 0 bridgehead atoms. The lowest BCUT2D eigenvalue weighted by Gasteiger charge is -2.14. The molecule has 0 atom stereocenters. The van der Waals surface area contributed by atoms with Gasteiger partial charge in [0, 0.05) is 12.1 Å². The van der Waals surface area contributed by atoms with Crippen molar-refractivity contribution in [2.45, 2.75) is 26.7 Å². The third kappa shape index (κ3) is 3.69. The van der Waals surface area contributed by atoms with E-state index in [2.05, 4.69) is 5.32 Å². The number of hydrogen-bond donors (Lipinski definition) is 1. The van der Waals surface area contributed by atoms with E-state index in [9.17, 15) is 14.4 Å². The van der Waals surface area contributed by atoms with E-state index in [1.165, 1.54) is 6.07 Å². The van der Waals surface area contributed by atoms with E-state index in [1.807, 2.05) is 13.8 Å². The van der Waals surface area contributed by atoms with Gasteiger partial charge in [-0.15, -0.1) is 0 Å². The first-order chi connectivity index (χ1) is 13.1. The maximum atomic E-state index is 12.8. The van der Waals surface area contributed by atoms with E-state index in [4.69, 9.17) is 4.74 Å². The van der Waals surface area contributed by atoms with Gasteiger partial charge in [-0.1, -0.05) is 13.3 Å². The van der Waals surface area contributed by atoms with E-state index in [0.29, 0.717) is 35.7 Å². The van der Waals surface area contributed by atoms with Crippen LogP contribution in [0.25, 0.3) is 0 Å². The van der Waals surface area contributed by atoms with Crippen LogP contribution < -0.4 is 15.0 Å². The molecule has 27 heavy (non-hydrogen) atoms. The number of fused-ring (bicyclic) bond motifs is 1. The Morgan fingerprint density at radius 1 is 1.00 bits per heavy atom. The normalized spacial score (nSPS) is 12.9. The summed E-state index contributed by atoms with van der Waals surface area (Å²) < 4.78 is 5.39. The molecule has 1 aliphatic heterocycles. The van der Waals surface area contributed by atoms with Gasteiger partial charge in [-0.2, -0.15) is 0 Å². The van der Waals surface area contributed by atoms with Crippen molar-refractivity contribution in [3.8, 4) is 5.75 Å². The van der Waals surface area contributed by atoms with Crippen LogP contribution in [0.1, 0.15) is 57.8 Å². The number of amides is 3. The quantitative estimate of drug-likeness (QED) is 0.602. The number of ether oxygens (including phenoxy) is 1. The predicted octanol–water partition coefficient (Wildman–Crippen LogP) is 3.42. The molecule has 6 nitrogen and oxygen atoms in total. The molecule has 0 fully saturated rings. The molecule has 6 heteroatoms. The molecule has 2 aromatic carbocycles. The molecule has 0 saturated carbocycles. The molecule has 2 aromatic rings. The highest BCUT2D eigenvalue weighted by molar-refractivity contribution is 6.34.